The maximum atomic E-state index is 5.64. The van der Waals surface area contributed by atoms with Gasteiger partial charge in [0.2, 0.25) is 0 Å². The van der Waals surface area contributed by atoms with Crippen LogP contribution in [0.1, 0.15) is 25.6 Å². The fraction of sp³-hybridized carbons (Fsp3) is 0.400. The molecule has 5 nitrogen and oxygen atoms in total. The highest BCUT2D eigenvalue weighted by Crippen LogP contribution is 2.28. The lowest BCUT2D eigenvalue weighted by molar-refractivity contribution is 0.499. The molecule has 16 heavy (non-hydrogen) atoms. The van der Waals surface area contributed by atoms with Crippen molar-refractivity contribution in [3.05, 3.63) is 22.5 Å². The monoisotopic (exact) mass is 284 g/mol. The SMILES string of the molecule is CC(C)n1nnc(CN)c1-c1ccc(Br)o1. The number of nitrogens with zero attached hydrogens (tertiary/aromatic N) is 3. The van der Waals surface area contributed by atoms with Crippen molar-refractivity contribution in [2.24, 2.45) is 5.73 Å². The molecule has 0 spiro atoms. The number of halogens is 1. The molecule has 0 saturated carbocycles. The van der Waals surface area contributed by atoms with Crippen LogP contribution in [0.4, 0.5) is 0 Å². The van der Waals surface area contributed by atoms with Gasteiger partial charge in [-0.15, -0.1) is 5.10 Å². The molecule has 2 aromatic rings. The summed E-state index contributed by atoms with van der Waals surface area (Å²) in [5.41, 5.74) is 7.24. The van der Waals surface area contributed by atoms with Gasteiger partial charge in [-0.25, -0.2) is 4.68 Å². The fourth-order valence-electron chi connectivity index (χ4n) is 1.52. The van der Waals surface area contributed by atoms with Crippen LogP contribution in [0, 0.1) is 0 Å². The summed E-state index contributed by atoms with van der Waals surface area (Å²) in [4.78, 5) is 0. The van der Waals surface area contributed by atoms with Gasteiger partial charge in [0, 0.05) is 12.6 Å². The van der Waals surface area contributed by atoms with E-state index in [1.807, 2.05) is 30.7 Å². The highest BCUT2D eigenvalue weighted by atomic mass is 79.9. The van der Waals surface area contributed by atoms with Gasteiger partial charge in [0.1, 0.15) is 11.4 Å². The predicted octanol–water partition coefficient (Wildman–Crippen LogP) is 2.34. The quantitative estimate of drug-likeness (QED) is 0.939. The maximum absolute atomic E-state index is 5.64. The third kappa shape index (κ3) is 1.90. The van der Waals surface area contributed by atoms with Crippen molar-refractivity contribution in [1.82, 2.24) is 15.0 Å². The van der Waals surface area contributed by atoms with Crippen LogP contribution in [0.3, 0.4) is 0 Å². The number of nitrogens with two attached hydrogens (primary N) is 1. The van der Waals surface area contributed by atoms with E-state index in [0.29, 0.717) is 11.2 Å². The topological polar surface area (TPSA) is 69.9 Å². The molecule has 0 aliphatic heterocycles. The number of aromatic nitrogens is 3. The predicted molar refractivity (Wildman–Crippen MR) is 63.7 cm³/mol. The molecule has 0 aliphatic carbocycles. The Bertz CT molecular complexity index is 489. The Morgan fingerprint density at radius 1 is 1.50 bits per heavy atom. The molecule has 2 heterocycles. The minimum Gasteiger partial charge on any atom is -0.448 e. The summed E-state index contributed by atoms with van der Waals surface area (Å²) >= 11 is 3.28. The Labute approximate surface area is 102 Å². The molecule has 86 valence electrons. The molecule has 6 heteroatoms. The Kier molecular flexibility index (Phi) is 3.11. The molecule has 0 radical (unpaired) electrons. The van der Waals surface area contributed by atoms with Crippen molar-refractivity contribution in [1.29, 1.82) is 0 Å². The van der Waals surface area contributed by atoms with E-state index in [9.17, 15) is 0 Å². The lowest BCUT2D eigenvalue weighted by atomic mass is 10.2. The zero-order valence-corrected chi connectivity index (χ0v) is 10.7. The standard InChI is InChI=1S/C10H13BrN4O/c1-6(2)15-10(7(5-12)13-14-15)8-3-4-9(11)16-8/h3-4,6H,5,12H2,1-2H3. The van der Waals surface area contributed by atoms with E-state index in [1.165, 1.54) is 0 Å². The third-order valence-corrected chi connectivity index (χ3v) is 2.68. The van der Waals surface area contributed by atoms with Gasteiger partial charge in [-0.2, -0.15) is 0 Å². The van der Waals surface area contributed by atoms with Crippen LogP contribution in [0.5, 0.6) is 0 Å². The summed E-state index contributed by atoms with van der Waals surface area (Å²) in [6.45, 7) is 4.42. The summed E-state index contributed by atoms with van der Waals surface area (Å²) in [6, 6.07) is 3.93. The minimum atomic E-state index is 0.215. The third-order valence-electron chi connectivity index (χ3n) is 2.25. The molecule has 0 bridgehead atoms. The first kappa shape index (κ1) is 11.3. The van der Waals surface area contributed by atoms with Crippen molar-refractivity contribution >= 4 is 15.9 Å². The Morgan fingerprint density at radius 3 is 2.75 bits per heavy atom. The first-order chi connectivity index (χ1) is 7.63. The molecular weight excluding hydrogens is 272 g/mol. The van der Waals surface area contributed by atoms with E-state index in [1.54, 1.807) is 0 Å². The highest BCUT2D eigenvalue weighted by molar-refractivity contribution is 9.10. The van der Waals surface area contributed by atoms with Gasteiger partial charge in [0.15, 0.2) is 10.4 Å². The van der Waals surface area contributed by atoms with E-state index >= 15 is 0 Å². The van der Waals surface area contributed by atoms with Crippen LogP contribution in [0.15, 0.2) is 21.2 Å². The normalized spacial score (nSPS) is 11.3. The van der Waals surface area contributed by atoms with E-state index in [4.69, 9.17) is 10.2 Å². The average molecular weight is 285 g/mol. The second-order valence-corrected chi connectivity index (χ2v) is 4.51. The zero-order chi connectivity index (χ0) is 11.7. The molecule has 0 aliphatic rings. The molecule has 0 unspecified atom stereocenters. The van der Waals surface area contributed by atoms with Crippen LogP contribution in [-0.2, 0) is 6.54 Å². The Hall–Kier alpha value is -1.14. The van der Waals surface area contributed by atoms with Crippen molar-refractivity contribution < 1.29 is 4.42 Å². The van der Waals surface area contributed by atoms with Gasteiger partial charge >= 0.3 is 0 Å². The van der Waals surface area contributed by atoms with Crippen LogP contribution >= 0.6 is 15.9 Å². The first-order valence-corrected chi connectivity index (χ1v) is 5.82. The summed E-state index contributed by atoms with van der Waals surface area (Å²) < 4.78 is 8.02. The van der Waals surface area contributed by atoms with E-state index in [-0.39, 0.29) is 6.04 Å². The Morgan fingerprint density at radius 2 is 2.25 bits per heavy atom. The van der Waals surface area contributed by atoms with Gasteiger partial charge in [0.25, 0.3) is 0 Å². The van der Waals surface area contributed by atoms with Crippen molar-refractivity contribution in [3.8, 4) is 11.5 Å². The van der Waals surface area contributed by atoms with Gasteiger partial charge < -0.3 is 10.2 Å². The second-order valence-electron chi connectivity index (χ2n) is 3.73. The average Bonchev–Trinajstić information content (AvgIpc) is 2.82. The van der Waals surface area contributed by atoms with Crippen LogP contribution in [0.25, 0.3) is 11.5 Å². The van der Waals surface area contributed by atoms with Gasteiger partial charge in [-0.05, 0) is 41.9 Å². The molecule has 0 saturated heterocycles. The van der Waals surface area contributed by atoms with Crippen molar-refractivity contribution in [2.45, 2.75) is 26.4 Å². The van der Waals surface area contributed by atoms with Crippen LogP contribution in [-0.4, -0.2) is 15.0 Å². The highest BCUT2D eigenvalue weighted by Gasteiger charge is 2.18. The molecule has 2 aromatic heterocycles. The molecule has 0 fully saturated rings. The smallest absolute Gasteiger partial charge is 0.169 e. The number of hydrogen-bond donors (Lipinski definition) is 1. The van der Waals surface area contributed by atoms with E-state index < -0.39 is 0 Å². The van der Waals surface area contributed by atoms with Gasteiger partial charge in [0.05, 0.1) is 0 Å². The van der Waals surface area contributed by atoms with E-state index in [0.717, 1.165) is 17.1 Å². The molecule has 2 rings (SSSR count). The number of rotatable bonds is 3. The first-order valence-electron chi connectivity index (χ1n) is 5.03. The molecule has 0 aromatic carbocycles. The Balaban J connectivity index is 2.56. The van der Waals surface area contributed by atoms with Gasteiger partial charge in [-0.1, -0.05) is 5.21 Å². The summed E-state index contributed by atoms with van der Waals surface area (Å²) in [7, 11) is 0. The summed E-state index contributed by atoms with van der Waals surface area (Å²) in [6.07, 6.45) is 0. The second kappa shape index (κ2) is 4.39. The fourth-order valence-corrected chi connectivity index (χ4v) is 1.83. The molecule has 0 amide bonds. The van der Waals surface area contributed by atoms with Gasteiger partial charge in [-0.3, -0.25) is 0 Å². The lowest BCUT2D eigenvalue weighted by Crippen LogP contribution is -2.06. The molecule has 0 atom stereocenters. The number of furan rings is 1. The van der Waals surface area contributed by atoms with E-state index in [2.05, 4.69) is 26.2 Å². The lowest BCUT2D eigenvalue weighted by Gasteiger charge is -2.08. The molecular formula is C10H13BrN4O. The van der Waals surface area contributed by atoms with Crippen LogP contribution in [0.2, 0.25) is 0 Å². The number of hydrogen-bond acceptors (Lipinski definition) is 4. The van der Waals surface area contributed by atoms with Crippen molar-refractivity contribution in [3.63, 3.8) is 0 Å². The van der Waals surface area contributed by atoms with Crippen molar-refractivity contribution in [2.75, 3.05) is 0 Å². The largest absolute Gasteiger partial charge is 0.448 e. The minimum absolute atomic E-state index is 0.215. The summed E-state index contributed by atoms with van der Waals surface area (Å²) in [5.74, 6) is 0.728. The zero-order valence-electron chi connectivity index (χ0n) is 9.14. The van der Waals surface area contributed by atoms with Crippen LogP contribution < -0.4 is 5.73 Å². The maximum Gasteiger partial charge on any atom is 0.169 e. The summed E-state index contributed by atoms with van der Waals surface area (Å²) in [5, 5.41) is 8.14. The molecule has 2 N–H and O–H groups in total.